The second-order valence-electron chi connectivity index (χ2n) is 3.90. The highest BCUT2D eigenvalue weighted by Gasteiger charge is 2.14. The lowest BCUT2D eigenvalue weighted by Crippen LogP contribution is -2.33. The van der Waals surface area contributed by atoms with Gasteiger partial charge in [0.1, 0.15) is 18.0 Å². The molecule has 0 amide bonds. The van der Waals surface area contributed by atoms with Gasteiger partial charge in [-0.25, -0.2) is 9.97 Å². The summed E-state index contributed by atoms with van der Waals surface area (Å²) in [5.41, 5.74) is 5.59. The quantitative estimate of drug-likeness (QED) is 0.793. The van der Waals surface area contributed by atoms with Gasteiger partial charge in [-0.1, -0.05) is 13.8 Å². The van der Waals surface area contributed by atoms with Crippen LogP contribution < -0.4 is 10.6 Å². The van der Waals surface area contributed by atoms with Gasteiger partial charge < -0.3 is 10.6 Å². The Balaban J connectivity index is 2.83. The van der Waals surface area contributed by atoms with Crippen LogP contribution in [-0.4, -0.2) is 23.1 Å². The fourth-order valence-electron chi connectivity index (χ4n) is 1.21. The van der Waals surface area contributed by atoms with Crippen LogP contribution >= 0.6 is 0 Å². The first-order valence-electron chi connectivity index (χ1n) is 4.82. The fourth-order valence-corrected chi connectivity index (χ4v) is 1.21. The zero-order valence-electron chi connectivity index (χ0n) is 9.23. The first-order chi connectivity index (χ1) is 6.52. The molecule has 0 aliphatic heterocycles. The lowest BCUT2D eigenvalue weighted by Gasteiger charge is -2.28. The van der Waals surface area contributed by atoms with Crippen LogP contribution in [0.3, 0.4) is 0 Å². The molecule has 0 aliphatic carbocycles. The predicted molar refractivity (Wildman–Crippen MR) is 59.1 cm³/mol. The minimum atomic E-state index is 0.435. The number of hydrogen-bond donors (Lipinski definition) is 1. The summed E-state index contributed by atoms with van der Waals surface area (Å²) in [5.74, 6) is 1.97. The van der Waals surface area contributed by atoms with Crippen molar-refractivity contribution in [1.29, 1.82) is 0 Å². The Kier molecular flexibility index (Phi) is 3.28. The van der Waals surface area contributed by atoms with E-state index in [4.69, 9.17) is 5.73 Å². The lowest BCUT2D eigenvalue weighted by atomic mass is 10.1. The van der Waals surface area contributed by atoms with Gasteiger partial charge in [-0.15, -0.1) is 0 Å². The summed E-state index contributed by atoms with van der Waals surface area (Å²) in [5, 5.41) is 0. The van der Waals surface area contributed by atoms with Crippen LogP contribution in [-0.2, 0) is 0 Å². The Morgan fingerprint density at radius 3 is 2.43 bits per heavy atom. The summed E-state index contributed by atoms with van der Waals surface area (Å²) in [6, 6.07) is 2.23. The highest BCUT2D eigenvalue weighted by atomic mass is 15.2. The third-order valence-corrected chi connectivity index (χ3v) is 2.61. The average Bonchev–Trinajstić information content (AvgIpc) is 2.15. The molecule has 0 bridgehead atoms. The molecule has 4 heteroatoms. The molecule has 1 rings (SSSR count). The molecule has 0 aromatic carbocycles. The molecule has 1 aromatic heterocycles. The number of hydrogen-bond acceptors (Lipinski definition) is 4. The Morgan fingerprint density at radius 1 is 1.29 bits per heavy atom. The molecule has 0 spiro atoms. The summed E-state index contributed by atoms with van der Waals surface area (Å²) in [7, 11) is 2.02. The summed E-state index contributed by atoms with van der Waals surface area (Å²) < 4.78 is 0. The maximum Gasteiger partial charge on any atom is 0.134 e. The van der Waals surface area contributed by atoms with Crippen molar-refractivity contribution < 1.29 is 0 Å². The molecular weight excluding hydrogens is 176 g/mol. The van der Waals surface area contributed by atoms with E-state index < -0.39 is 0 Å². The number of nitrogens with two attached hydrogens (primary N) is 1. The van der Waals surface area contributed by atoms with Crippen molar-refractivity contribution in [3.05, 3.63) is 12.4 Å². The number of nitrogens with zero attached hydrogens (tertiary/aromatic N) is 3. The van der Waals surface area contributed by atoms with Crippen LogP contribution in [0.4, 0.5) is 11.6 Å². The molecule has 1 atom stereocenters. The van der Waals surface area contributed by atoms with Crippen LogP contribution in [0, 0.1) is 5.92 Å². The van der Waals surface area contributed by atoms with Crippen LogP contribution in [0.5, 0.6) is 0 Å². The number of anilines is 2. The molecule has 14 heavy (non-hydrogen) atoms. The highest BCUT2D eigenvalue weighted by Crippen LogP contribution is 2.17. The van der Waals surface area contributed by atoms with Crippen molar-refractivity contribution in [2.24, 2.45) is 5.92 Å². The smallest absolute Gasteiger partial charge is 0.134 e. The predicted octanol–water partition coefficient (Wildman–Crippen LogP) is 1.54. The largest absolute Gasteiger partial charge is 0.384 e. The highest BCUT2D eigenvalue weighted by molar-refractivity contribution is 5.45. The Hall–Kier alpha value is -1.32. The molecule has 1 aromatic rings. The average molecular weight is 194 g/mol. The standard InChI is InChI=1S/C10H18N4/c1-7(2)8(3)14(4)10-5-9(11)12-6-13-10/h5-8H,1-4H3,(H2,11,12,13). The maximum absolute atomic E-state index is 5.59. The van der Waals surface area contributed by atoms with Crippen molar-refractivity contribution in [2.75, 3.05) is 17.7 Å². The second-order valence-corrected chi connectivity index (χ2v) is 3.90. The third kappa shape index (κ3) is 2.34. The maximum atomic E-state index is 5.59. The van der Waals surface area contributed by atoms with E-state index in [1.807, 2.05) is 7.05 Å². The molecule has 0 saturated heterocycles. The minimum absolute atomic E-state index is 0.435. The van der Waals surface area contributed by atoms with Gasteiger partial charge >= 0.3 is 0 Å². The van der Waals surface area contributed by atoms with E-state index in [2.05, 4.69) is 35.6 Å². The van der Waals surface area contributed by atoms with Crippen molar-refractivity contribution in [2.45, 2.75) is 26.8 Å². The van der Waals surface area contributed by atoms with Crippen LogP contribution in [0.1, 0.15) is 20.8 Å². The van der Waals surface area contributed by atoms with Crippen molar-refractivity contribution in [3.8, 4) is 0 Å². The lowest BCUT2D eigenvalue weighted by molar-refractivity contribution is 0.502. The van der Waals surface area contributed by atoms with E-state index in [0.29, 0.717) is 17.8 Å². The minimum Gasteiger partial charge on any atom is -0.384 e. The molecule has 0 radical (unpaired) electrons. The zero-order valence-corrected chi connectivity index (χ0v) is 9.23. The number of nitrogen functional groups attached to an aromatic ring is 1. The monoisotopic (exact) mass is 194 g/mol. The first kappa shape index (κ1) is 10.8. The van der Waals surface area contributed by atoms with Gasteiger partial charge in [0.2, 0.25) is 0 Å². The second kappa shape index (κ2) is 4.26. The van der Waals surface area contributed by atoms with Gasteiger partial charge in [0.05, 0.1) is 0 Å². The van der Waals surface area contributed by atoms with E-state index in [1.54, 1.807) is 6.07 Å². The summed E-state index contributed by atoms with van der Waals surface area (Å²) in [4.78, 5) is 10.2. The fraction of sp³-hybridized carbons (Fsp3) is 0.600. The normalized spacial score (nSPS) is 12.9. The van der Waals surface area contributed by atoms with E-state index in [-0.39, 0.29) is 0 Å². The Morgan fingerprint density at radius 2 is 1.93 bits per heavy atom. The van der Waals surface area contributed by atoms with Gasteiger partial charge in [0, 0.05) is 19.2 Å². The molecule has 1 unspecified atom stereocenters. The van der Waals surface area contributed by atoms with Gasteiger partial charge in [-0.2, -0.15) is 0 Å². The van der Waals surface area contributed by atoms with E-state index in [0.717, 1.165) is 5.82 Å². The Bertz CT molecular complexity index is 298. The van der Waals surface area contributed by atoms with Crippen molar-refractivity contribution in [1.82, 2.24) is 9.97 Å². The molecular formula is C10H18N4. The molecule has 2 N–H and O–H groups in total. The first-order valence-corrected chi connectivity index (χ1v) is 4.82. The third-order valence-electron chi connectivity index (χ3n) is 2.61. The van der Waals surface area contributed by atoms with Crippen molar-refractivity contribution >= 4 is 11.6 Å². The molecule has 0 fully saturated rings. The molecule has 1 heterocycles. The zero-order chi connectivity index (χ0) is 10.7. The van der Waals surface area contributed by atoms with E-state index in [1.165, 1.54) is 6.33 Å². The van der Waals surface area contributed by atoms with Gasteiger partial charge in [-0.05, 0) is 12.8 Å². The number of aromatic nitrogens is 2. The summed E-state index contributed by atoms with van der Waals surface area (Å²) in [6.45, 7) is 6.54. The van der Waals surface area contributed by atoms with Gasteiger partial charge in [-0.3, -0.25) is 0 Å². The van der Waals surface area contributed by atoms with Gasteiger partial charge in [0.25, 0.3) is 0 Å². The molecule has 78 valence electrons. The Labute approximate surface area is 85.2 Å². The number of rotatable bonds is 3. The van der Waals surface area contributed by atoms with Crippen molar-refractivity contribution in [3.63, 3.8) is 0 Å². The van der Waals surface area contributed by atoms with Crippen LogP contribution in [0.15, 0.2) is 12.4 Å². The van der Waals surface area contributed by atoms with E-state index >= 15 is 0 Å². The summed E-state index contributed by atoms with van der Waals surface area (Å²) in [6.07, 6.45) is 1.49. The molecule has 0 saturated carbocycles. The molecule has 4 nitrogen and oxygen atoms in total. The van der Waals surface area contributed by atoms with Gasteiger partial charge in [0.15, 0.2) is 0 Å². The van der Waals surface area contributed by atoms with E-state index in [9.17, 15) is 0 Å². The topological polar surface area (TPSA) is 55.0 Å². The molecule has 0 aliphatic rings. The SMILES string of the molecule is CC(C)C(C)N(C)c1cc(N)ncn1. The van der Waals surface area contributed by atoms with Crippen LogP contribution in [0.25, 0.3) is 0 Å². The summed E-state index contributed by atoms with van der Waals surface area (Å²) >= 11 is 0. The van der Waals surface area contributed by atoms with Crippen LogP contribution in [0.2, 0.25) is 0 Å².